The average molecular weight is 468 g/mol. The summed E-state index contributed by atoms with van der Waals surface area (Å²) < 4.78 is 15.0. The van der Waals surface area contributed by atoms with E-state index in [1.54, 1.807) is 18.2 Å². The van der Waals surface area contributed by atoms with Gasteiger partial charge in [0.25, 0.3) is 11.5 Å². The Morgan fingerprint density at radius 2 is 1.51 bits per heavy atom. The summed E-state index contributed by atoms with van der Waals surface area (Å²) in [4.78, 5) is 39.9. The first-order chi connectivity index (χ1) is 17.0. The molecule has 5 rings (SSSR count). The fraction of sp³-hybridized carbons (Fsp3) is 0.0741. The van der Waals surface area contributed by atoms with E-state index in [4.69, 9.17) is 0 Å². The molecule has 0 radical (unpaired) electrons. The van der Waals surface area contributed by atoms with Gasteiger partial charge in [-0.3, -0.25) is 19.6 Å². The maximum Gasteiger partial charge on any atom is 0.329 e. The molecule has 1 fully saturated rings. The van der Waals surface area contributed by atoms with Crippen LogP contribution in [-0.4, -0.2) is 26.6 Å². The maximum atomic E-state index is 13.6. The van der Waals surface area contributed by atoms with Crippen LogP contribution in [0.1, 0.15) is 22.4 Å². The molecule has 0 saturated carbocycles. The van der Waals surface area contributed by atoms with Gasteiger partial charge in [-0.25, -0.2) is 13.9 Å². The Morgan fingerprint density at radius 3 is 2.23 bits per heavy atom. The first-order valence-corrected chi connectivity index (χ1v) is 11.0. The van der Waals surface area contributed by atoms with Crippen molar-refractivity contribution in [2.75, 3.05) is 0 Å². The highest BCUT2D eigenvalue weighted by Gasteiger charge is 2.34. The van der Waals surface area contributed by atoms with Crippen LogP contribution in [0, 0.1) is 5.82 Å². The van der Waals surface area contributed by atoms with E-state index in [1.807, 2.05) is 48.5 Å². The van der Waals surface area contributed by atoms with Crippen LogP contribution in [0.5, 0.6) is 0 Å². The molecule has 35 heavy (non-hydrogen) atoms. The predicted octanol–water partition coefficient (Wildman–Crippen LogP) is 3.99. The molecule has 0 atom stereocenters. The fourth-order valence-electron chi connectivity index (χ4n) is 4.02. The lowest BCUT2D eigenvalue weighted by molar-refractivity contribution is -0.123. The van der Waals surface area contributed by atoms with Crippen LogP contribution in [0.3, 0.4) is 0 Å². The minimum Gasteiger partial charge on any atom is -0.303 e. The Labute approximate surface area is 200 Å². The van der Waals surface area contributed by atoms with Crippen molar-refractivity contribution in [3.8, 4) is 5.69 Å². The lowest BCUT2D eigenvalue weighted by Crippen LogP contribution is -2.30. The molecular weight excluding hydrogens is 447 g/mol. The highest BCUT2D eigenvalue weighted by atomic mass is 19.1. The second-order valence-corrected chi connectivity index (χ2v) is 8.15. The van der Waals surface area contributed by atoms with Crippen LogP contribution in [-0.2, 0) is 17.8 Å². The highest BCUT2D eigenvalue weighted by molar-refractivity contribution is 6.13. The number of imide groups is 1. The summed E-state index contributed by atoms with van der Waals surface area (Å²) in [6.07, 6.45) is 1.83. The van der Waals surface area contributed by atoms with Gasteiger partial charge in [-0.1, -0.05) is 60.7 Å². The number of carbonyl (C=O) groups is 2. The molecule has 174 valence electrons. The zero-order chi connectivity index (χ0) is 24.4. The third kappa shape index (κ3) is 4.54. The van der Waals surface area contributed by atoms with Gasteiger partial charge in [-0.05, 0) is 41.5 Å². The average Bonchev–Trinajstić information content (AvgIpc) is 3.31. The molecule has 1 aliphatic heterocycles. The lowest BCUT2D eigenvalue weighted by Gasteiger charge is -2.11. The van der Waals surface area contributed by atoms with E-state index in [0.29, 0.717) is 23.4 Å². The van der Waals surface area contributed by atoms with Crippen molar-refractivity contribution in [2.45, 2.75) is 13.0 Å². The molecule has 3 amide bonds. The normalized spacial score (nSPS) is 14.5. The third-order valence-electron chi connectivity index (χ3n) is 5.72. The van der Waals surface area contributed by atoms with E-state index in [0.717, 1.165) is 10.5 Å². The number of carbonyl (C=O) groups excluding carboxylic acids is 2. The van der Waals surface area contributed by atoms with Crippen molar-refractivity contribution in [2.24, 2.45) is 0 Å². The number of aromatic nitrogens is 2. The van der Waals surface area contributed by atoms with Crippen molar-refractivity contribution < 1.29 is 14.0 Å². The summed E-state index contributed by atoms with van der Waals surface area (Å²) in [5, 5.41) is 5.70. The van der Waals surface area contributed by atoms with Gasteiger partial charge in [0.2, 0.25) is 0 Å². The molecule has 2 heterocycles. The largest absolute Gasteiger partial charge is 0.329 e. The number of urea groups is 1. The number of H-pyrrole nitrogens is 1. The number of halogens is 1. The highest BCUT2D eigenvalue weighted by Crippen LogP contribution is 2.20. The standard InChI is InChI=1S/C27H21FN4O3/c28-20-11-7-10-19(14-20)17-31-26(34)24(29-27(31)35)16-22-23(15-18-8-3-1-4-9-18)30-32(25(22)33)21-12-5-2-6-13-21/h1-14,16,30H,15,17H2,(H,29,35)/b24-16-. The van der Waals surface area contributed by atoms with Crippen molar-refractivity contribution in [1.82, 2.24) is 20.0 Å². The minimum absolute atomic E-state index is 0.0166. The maximum absolute atomic E-state index is 13.6. The Bertz CT molecular complexity index is 1490. The number of hydrogen-bond acceptors (Lipinski definition) is 3. The van der Waals surface area contributed by atoms with Gasteiger partial charge < -0.3 is 5.32 Å². The molecule has 0 aliphatic carbocycles. The summed E-state index contributed by atoms with van der Waals surface area (Å²) in [5.74, 6) is -1.04. The molecule has 1 saturated heterocycles. The predicted molar refractivity (Wildman–Crippen MR) is 129 cm³/mol. The monoisotopic (exact) mass is 468 g/mol. The van der Waals surface area contributed by atoms with Crippen molar-refractivity contribution >= 4 is 18.0 Å². The second kappa shape index (κ2) is 9.26. The van der Waals surface area contributed by atoms with Gasteiger partial charge in [0.1, 0.15) is 11.5 Å². The van der Waals surface area contributed by atoms with Crippen LogP contribution in [0.15, 0.2) is 95.4 Å². The van der Waals surface area contributed by atoms with Crippen LogP contribution in [0.2, 0.25) is 0 Å². The molecule has 1 aromatic heterocycles. The summed E-state index contributed by atoms with van der Waals surface area (Å²) in [7, 11) is 0. The summed E-state index contributed by atoms with van der Waals surface area (Å²) in [6, 6.07) is 23.8. The number of aromatic amines is 1. The number of hydrogen-bond donors (Lipinski definition) is 2. The molecule has 2 N–H and O–H groups in total. The van der Waals surface area contributed by atoms with E-state index < -0.39 is 17.8 Å². The van der Waals surface area contributed by atoms with Crippen LogP contribution < -0.4 is 10.9 Å². The molecule has 0 spiro atoms. The first-order valence-electron chi connectivity index (χ1n) is 11.0. The Hall–Kier alpha value is -4.72. The van der Waals surface area contributed by atoms with Crippen molar-refractivity contribution in [3.63, 3.8) is 0 Å². The third-order valence-corrected chi connectivity index (χ3v) is 5.72. The fourth-order valence-corrected chi connectivity index (χ4v) is 4.02. The molecule has 7 nitrogen and oxygen atoms in total. The van der Waals surface area contributed by atoms with Crippen molar-refractivity contribution in [3.05, 3.63) is 129 Å². The zero-order valence-corrected chi connectivity index (χ0v) is 18.6. The van der Waals surface area contributed by atoms with Crippen LogP contribution in [0.25, 0.3) is 11.8 Å². The summed E-state index contributed by atoms with van der Waals surface area (Å²) in [5.41, 5.74) is 2.61. The number of nitrogens with one attached hydrogen (secondary N) is 2. The molecule has 1 aliphatic rings. The van der Waals surface area contributed by atoms with E-state index in [2.05, 4.69) is 10.4 Å². The SMILES string of the molecule is O=C1N/C(=C\c2c(Cc3ccccc3)[nH]n(-c3ccccc3)c2=O)C(=O)N1Cc1cccc(F)c1. The molecule has 3 aromatic carbocycles. The first kappa shape index (κ1) is 22.1. The van der Waals surface area contributed by atoms with Gasteiger partial charge >= 0.3 is 6.03 Å². The van der Waals surface area contributed by atoms with E-state index in [9.17, 15) is 18.8 Å². The van der Waals surface area contributed by atoms with Gasteiger partial charge in [0, 0.05) is 12.1 Å². The summed E-state index contributed by atoms with van der Waals surface area (Å²) >= 11 is 0. The molecule has 8 heteroatoms. The number of rotatable bonds is 6. The minimum atomic E-state index is -0.631. The quantitative estimate of drug-likeness (QED) is 0.331. The summed E-state index contributed by atoms with van der Waals surface area (Å²) in [6.45, 7) is -0.0853. The number of para-hydroxylation sites is 1. The topological polar surface area (TPSA) is 87.2 Å². The molecule has 4 aromatic rings. The lowest BCUT2D eigenvalue weighted by atomic mass is 10.1. The van der Waals surface area contributed by atoms with Gasteiger partial charge in [0.05, 0.1) is 17.8 Å². The Balaban J connectivity index is 1.52. The molecular formula is C27H21FN4O3. The van der Waals surface area contributed by atoms with Crippen molar-refractivity contribution in [1.29, 1.82) is 0 Å². The Kier molecular flexibility index (Phi) is 5.85. The van der Waals surface area contributed by atoms with Gasteiger partial charge in [-0.15, -0.1) is 0 Å². The van der Waals surface area contributed by atoms with E-state index >= 15 is 0 Å². The van der Waals surface area contributed by atoms with Gasteiger partial charge in [0.15, 0.2) is 0 Å². The Morgan fingerprint density at radius 1 is 0.829 bits per heavy atom. The van der Waals surface area contributed by atoms with E-state index in [-0.39, 0.29) is 23.4 Å². The number of benzene rings is 3. The molecule has 0 unspecified atom stereocenters. The number of nitrogens with zero attached hydrogens (tertiary/aromatic N) is 2. The van der Waals surface area contributed by atoms with E-state index in [1.165, 1.54) is 29.0 Å². The smallest absolute Gasteiger partial charge is 0.303 e. The van der Waals surface area contributed by atoms with Crippen LogP contribution >= 0.6 is 0 Å². The zero-order valence-electron chi connectivity index (χ0n) is 18.6. The van der Waals surface area contributed by atoms with Crippen LogP contribution in [0.4, 0.5) is 9.18 Å². The van der Waals surface area contributed by atoms with Gasteiger partial charge in [-0.2, -0.15) is 0 Å². The second-order valence-electron chi connectivity index (χ2n) is 8.15. The number of amides is 3. The molecule has 0 bridgehead atoms.